The van der Waals surface area contributed by atoms with E-state index in [0.717, 1.165) is 5.56 Å². The number of pyridine rings is 1. The molecule has 4 rings (SSSR count). The van der Waals surface area contributed by atoms with Gasteiger partial charge in [0.25, 0.3) is 11.7 Å². The van der Waals surface area contributed by atoms with Crippen molar-refractivity contribution in [3.8, 4) is 5.75 Å². The van der Waals surface area contributed by atoms with Gasteiger partial charge in [0.15, 0.2) is 0 Å². The fourth-order valence-electron chi connectivity index (χ4n) is 4.21. The third-order valence-corrected chi connectivity index (χ3v) is 5.84. The van der Waals surface area contributed by atoms with E-state index in [4.69, 9.17) is 9.47 Å². The van der Waals surface area contributed by atoms with Gasteiger partial charge in [0.1, 0.15) is 11.5 Å². The first-order valence-corrected chi connectivity index (χ1v) is 11.4. The molecule has 0 aliphatic carbocycles. The van der Waals surface area contributed by atoms with Crippen molar-refractivity contribution in [2.24, 2.45) is 0 Å². The first kappa shape index (κ1) is 24.7. The zero-order valence-corrected chi connectivity index (χ0v) is 20.4. The molecule has 1 aliphatic heterocycles. The minimum Gasteiger partial charge on any atom is -0.507 e. The van der Waals surface area contributed by atoms with Gasteiger partial charge in [-0.1, -0.05) is 6.07 Å². The lowest BCUT2D eigenvalue weighted by Crippen LogP contribution is -2.29. The monoisotopic (exact) mass is 486 g/mol. The maximum Gasteiger partial charge on any atom is 0.338 e. The van der Waals surface area contributed by atoms with Gasteiger partial charge in [-0.3, -0.25) is 19.5 Å². The van der Waals surface area contributed by atoms with Crippen molar-refractivity contribution in [3.05, 3.63) is 94.8 Å². The van der Waals surface area contributed by atoms with Gasteiger partial charge in [0.05, 0.1) is 30.4 Å². The second-order valence-corrected chi connectivity index (χ2v) is 8.64. The standard InChI is InChI=1S/C28H26N2O6/c1-16(2)36-28(34)20-6-5-7-21(15-20)30-24(18-10-12-29-13-11-18)23(26(32)27(30)33)25(31)19-8-9-22(35-4)17(3)14-19/h5-16,24,31H,1-4H3/b25-23+. The Morgan fingerprint density at radius 3 is 2.39 bits per heavy atom. The second-order valence-electron chi connectivity index (χ2n) is 8.64. The van der Waals surface area contributed by atoms with Crippen LogP contribution in [0, 0.1) is 6.92 Å². The SMILES string of the molecule is COc1ccc(/C(O)=C2\C(=O)C(=O)N(c3cccc(C(=O)OC(C)C)c3)C2c2ccncc2)cc1C. The van der Waals surface area contributed by atoms with Crippen LogP contribution >= 0.6 is 0 Å². The van der Waals surface area contributed by atoms with E-state index in [-0.39, 0.29) is 23.0 Å². The summed E-state index contributed by atoms with van der Waals surface area (Å²) < 4.78 is 10.6. The number of nitrogens with zero attached hydrogens (tertiary/aromatic N) is 2. The summed E-state index contributed by atoms with van der Waals surface area (Å²) in [5.74, 6) is -1.88. The maximum absolute atomic E-state index is 13.3. The van der Waals surface area contributed by atoms with Crippen LogP contribution in [0.2, 0.25) is 0 Å². The molecule has 1 N–H and O–H groups in total. The summed E-state index contributed by atoms with van der Waals surface area (Å²) in [7, 11) is 1.54. The van der Waals surface area contributed by atoms with Crippen LogP contribution in [-0.2, 0) is 14.3 Å². The molecule has 0 radical (unpaired) electrons. The fraction of sp³-hybridized carbons (Fsp3) is 0.214. The molecular formula is C28H26N2O6. The van der Waals surface area contributed by atoms with Crippen molar-refractivity contribution < 1.29 is 29.0 Å². The van der Waals surface area contributed by atoms with E-state index in [9.17, 15) is 19.5 Å². The molecule has 2 heterocycles. The number of aliphatic hydroxyl groups is 1. The summed E-state index contributed by atoms with van der Waals surface area (Å²) in [4.78, 5) is 44.5. The lowest BCUT2D eigenvalue weighted by molar-refractivity contribution is -0.132. The van der Waals surface area contributed by atoms with Gasteiger partial charge in [0.2, 0.25) is 0 Å². The van der Waals surface area contributed by atoms with Crippen LogP contribution < -0.4 is 9.64 Å². The van der Waals surface area contributed by atoms with Gasteiger partial charge < -0.3 is 14.6 Å². The van der Waals surface area contributed by atoms with Crippen molar-refractivity contribution in [1.82, 2.24) is 4.98 Å². The highest BCUT2D eigenvalue weighted by Crippen LogP contribution is 2.42. The molecule has 0 bridgehead atoms. The van der Waals surface area contributed by atoms with Crippen molar-refractivity contribution in [1.29, 1.82) is 0 Å². The third kappa shape index (κ3) is 4.57. The predicted molar refractivity (Wildman–Crippen MR) is 134 cm³/mol. The Morgan fingerprint density at radius 2 is 1.75 bits per heavy atom. The zero-order valence-electron chi connectivity index (χ0n) is 20.4. The fourth-order valence-corrected chi connectivity index (χ4v) is 4.21. The average molecular weight is 487 g/mol. The second kappa shape index (κ2) is 10.0. The Morgan fingerprint density at radius 1 is 1.03 bits per heavy atom. The molecule has 3 aromatic rings. The van der Waals surface area contributed by atoms with E-state index in [0.29, 0.717) is 22.6 Å². The molecule has 1 atom stereocenters. The largest absolute Gasteiger partial charge is 0.507 e. The van der Waals surface area contributed by atoms with E-state index in [1.807, 2.05) is 6.92 Å². The molecule has 0 saturated carbocycles. The van der Waals surface area contributed by atoms with E-state index in [1.165, 1.54) is 11.0 Å². The molecule has 2 aromatic carbocycles. The number of carbonyl (C=O) groups is 3. The molecule has 1 amide bonds. The Labute approximate surface area is 208 Å². The number of hydrogen-bond acceptors (Lipinski definition) is 7. The number of hydrogen-bond donors (Lipinski definition) is 1. The lowest BCUT2D eigenvalue weighted by atomic mass is 9.95. The number of aliphatic hydroxyl groups excluding tert-OH is 1. The first-order valence-electron chi connectivity index (χ1n) is 11.4. The molecule has 1 aliphatic rings. The highest BCUT2D eigenvalue weighted by molar-refractivity contribution is 6.51. The normalized spacial score (nSPS) is 16.9. The lowest BCUT2D eigenvalue weighted by Gasteiger charge is -2.25. The van der Waals surface area contributed by atoms with Crippen molar-refractivity contribution in [2.75, 3.05) is 12.0 Å². The molecule has 1 unspecified atom stereocenters. The maximum atomic E-state index is 13.3. The van der Waals surface area contributed by atoms with Crippen molar-refractivity contribution >= 4 is 29.1 Å². The Kier molecular flexibility index (Phi) is 6.87. The van der Waals surface area contributed by atoms with Gasteiger partial charge in [-0.2, -0.15) is 0 Å². The van der Waals surface area contributed by atoms with Gasteiger partial charge in [-0.25, -0.2) is 4.79 Å². The number of aryl methyl sites for hydroxylation is 1. The number of Topliss-reactive ketones (excluding diaryl/α,β-unsaturated/α-hetero) is 1. The third-order valence-electron chi connectivity index (χ3n) is 5.84. The van der Waals surface area contributed by atoms with E-state index in [2.05, 4.69) is 4.98 Å². The van der Waals surface area contributed by atoms with Crippen LogP contribution in [-0.4, -0.2) is 41.0 Å². The number of ether oxygens (including phenoxy) is 2. The minimum absolute atomic E-state index is 0.0640. The van der Waals surface area contributed by atoms with E-state index in [1.54, 1.807) is 81.9 Å². The van der Waals surface area contributed by atoms with Crippen LogP contribution in [0.5, 0.6) is 5.75 Å². The molecule has 8 heteroatoms. The first-order chi connectivity index (χ1) is 17.2. The number of amides is 1. The van der Waals surface area contributed by atoms with E-state index < -0.39 is 23.7 Å². The number of methoxy groups -OCH3 is 1. The summed E-state index contributed by atoms with van der Waals surface area (Å²) >= 11 is 0. The molecule has 1 aromatic heterocycles. The summed E-state index contributed by atoms with van der Waals surface area (Å²) in [6.07, 6.45) is 2.77. The minimum atomic E-state index is -0.938. The van der Waals surface area contributed by atoms with Crippen LogP contribution in [0.15, 0.2) is 72.6 Å². The van der Waals surface area contributed by atoms with Crippen molar-refractivity contribution in [2.45, 2.75) is 32.9 Å². The van der Waals surface area contributed by atoms with Gasteiger partial charge >= 0.3 is 5.97 Å². The number of aromatic nitrogens is 1. The molecule has 1 saturated heterocycles. The van der Waals surface area contributed by atoms with Gasteiger partial charge in [0, 0.05) is 23.6 Å². The molecular weight excluding hydrogens is 460 g/mol. The van der Waals surface area contributed by atoms with Crippen molar-refractivity contribution in [3.63, 3.8) is 0 Å². The Bertz CT molecular complexity index is 1360. The number of esters is 1. The average Bonchev–Trinajstić information content (AvgIpc) is 3.14. The highest BCUT2D eigenvalue weighted by atomic mass is 16.5. The molecule has 1 fully saturated rings. The van der Waals surface area contributed by atoms with Gasteiger partial charge in [-0.15, -0.1) is 0 Å². The number of carbonyl (C=O) groups excluding carboxylic acids is 3. The van der Waals surface area contributed by atoms with Gasteiger partial charge in [-0.05, 0) is 80.4 Å². The Hall–Kier alpha value is -4.46. The Balaban J connectivity index is 1.88. The number of rotatable bonds is 6. The van der Waals surface area contributed by atoms with Crippen LogP contribution in [0.25, 0.3) is 5.76 Å². The predicted octanol–water partition coefficient (Wildman–Crippen LogP) is 4.59. The zero-order chi connectivity index (χ0) is 26.0. The molecule has 8 nitrogen and oxygen atoms in total. The quantitative estimate of drug-likeness (QED) is 0.235. The van der Waals surface area contributed by atoms with Crippen LogP contribution in [0.3, 0.4) is 0 Å². The summed E-state index contributed by atoms with van der Waals surface area (Å²) in [5, 5.41) is 11.3. The van der Waals surface area contributed by atoms with Crippen LogP contribution in [0.4, 0.5) is 5.69 Å². The number of ketones is 1. The summed E-state index contributed by atoms with van der Waals surface area (Å²) in [6, 6.07) is 13.7. The number of anilines is 1. The highest BCUT2D eigenvalue weighted by Gasteiger charge is 2.47. The summed E-state index contributed by atoms with van der Waals surface area (Å²) in [5.41, 5.74) is 2.20. The summed E-state index contributed by atoms with van der Waals surface area (Å²) in [6.45, 7) is 5.30. The smallest absolute Gasteiger partial charge is 0.338 e. The van der Waals surface area contributed by atoms with E-state index >= 15 is 0 Å². The topological polar surface area (TPSA) is 106 Å². The molecule has 0 spiro atoms. The number of benzene rings is 2. The van der Waals surface area contributed by atoms with Crippen LogP contribution in [0.1, 0.15) is 46.9 Å². The molecule has 36 heavy (non-hydrogen) atoms. The molecule has 184 valence electrons.